The lowest BCUT2D eigenvalue weighted by atomic mass is 9.87. The molecular formula is C19H27N3O4S. The quantitative estimate of drug-likeness (QED) is 0.763. The molecule has 0 spiro atoms. The molecule has 8 heteroatoms. The zero-order chi connectivity index (χ0) is 19.8. The Kier molecular flexibility index (Phi) is 5.60. The third-order valence-corrected chi connectivity index (χ3v) is 7.08. The number of rotatable bonds is 6. The number of H-pyrrole nitrogens is 1. The highest BCUT2D eigenvalue weighted by atomic mass is 32.2. The predicted octanol–water partition coefficient (Wildman–Crippen LogP) is 2.19. The number of aromatic amines is 1. The molecule has 7 nitrogen and oxygen atoms in total. The van der Waals surface area contributed by atoms with Gasteiger partial charge in [0.05, 0.1) is 11.1 Å². The second-order valence-corrected chi connectivity index (χ2v) is 9.66. The molecule has 27 heavy (non-hydrogen) atoms. The first-order valence-electron chi connectivity index (χ1n) is 9.15. The number of likely N-dealkylation sites (N-methyl/N-ethyl adjacent to an activating group) is 1. The molecule has 1 aliphatic carbocycles. The van der Waals surface area contributed by atoms with Crippen molar-refractivity contribution in [3.05, 3.63) is 35.0 Å². The molecule has 0 amide bonds. The number of carbonyl (C=O) groups is 1. The maximum Gasteiger partial charge on any atom is 0.340 e. The Morgan fingerprint density at radius 3 is 2.74 bits per heavy atom. The van der Waals surface area contributed by atoms with Crippen molar-refractivity contribution in [2.45, 2.75) is 26.2 Å². The van der Waals surface area contributed by atoms with E-state index in [2.05, 4.69) is 11.9 Å². The largest absolute Gasteiger partial charge is 0.461 e. The van der Waals surface area contributed by atoms with Crippen LogP contribution in [0.4, 0.5) is 0 Å². The molecule has 1 atom stereocenters. The summed E-state index contributed by atoms with van der Waals surface area (Å²) in [4.78, 5) is 16.0. The van der Waals surface area contributed by atoms with Crippen molar-refractivity contribution in [3.8, 4) is 0 Å². The second-order valence-electron chi connectivity index (χ2n) is 7.41. The molecule has 0 saturated heterocycles. The van der Waals surface area contributed by atoms with E-state index in [1.54, 1.807) is 6.07 Å². The third-order valence-electron chi connectivity index (χ3n) is 5.18. The fourth-order valence-electron chi connectivity index (χ4n) is 3.52. The Morgan fingerprint density at radius 1 is 1.30 bits per heavy atom. The number of aryl methyl sites for hydroxylation is 1. The average molecular weight is 394 g/mol. The van der Waals surface area contributed by atoms with E-state index in [1.807, 2.05) is 12.1 Å². The number of hydrogen-bond acceptors (Lipinski definition) is 4. The lowest BCUT2D eigenvalue weighted by molar-refractivity contribution is 0.0495. The molecule has 0 radical (unpaired) electrons. The number of ether oxygens (including phenoxy) is 1. The maximum absolute atomic E-state index is 12.6. The van der Waals surface area contributed by atoms with Gasteiger partial charge in [-0.1, -0.05) is 19.1 Å². The van der Waals surface area contributed by atoms with Crippen LogP contribution < -0.4 is 0 Å². The minimum atomic E-state index is -3.51. The molecule has 0 bridgehead atoms. The van der Waals surface area contributed by atoms with E-state index in [0.29, 0.717) is 11.5 Å². The monoisotopic (exact) mass is 393 g/mol. The van der Waals surface area contributed by atoms with Gasteiger partial charge in [0.1, 0.15) is 6.61 Å². The molecule has 1 unspecified atom stereocenters. The first-order valence-corrected chi connectivity index (χ1v) is 10.5. The zero-order valence-corrected chi connectivity index (χ0v) is 17.1. The fraction of sp³-hybridized carbons (Fsp3) is 0.526. The summed E-state index contributed by atoms with van der Waals surface area (Å²) >= 11 is 0. The smallest absolute Gasteiger partial charge is 0.340 e. The fourth-order valence-corrected chi connectivity index (χ4v) is 4.39. The van der Waals surface area contributed by atoms with E-state index in [1.165, 1.54) is 32.4 Å². The number of nitrogens with one attached hydrogen (secondary N) is 1. The Morgan fingerprint density at radius 2 is 2.04 bits per heavy atom. The zero-order valence-electron chi connectivity index (χ0n) is 16.3. The number of hydrogen-bond donors (Lipinski definition) is 1. The molecule has 148 valence electrons. The number of carbonyl (C=O) groups excluding carboxylic acids is 1. The molecule has 0 saturated carbocycles. The van der Waals surface area contributed by atoms with Gasteiger partial charge in [0.2, 0.25) is 0 Å². The van der Waals surface area contributed by atoms with Gasteiger partial charge in [-0.3, -0.25) is 0 Å². The van der Waals surface area contributed by atoms with E-state index in [4.69, 9.17) is 4.74 Å². The molecule has 1 heterocycles. The van der Waals surface area contributed by atoms with E-state index >= 15 is 0 Å². The summed E-state index contributed by atoms with van der Waals surface area (Å²) in [5.74, 6) is 0.198. The number of benzene rings is 1. The van der Waals surface area contributed by atoms with Crippen LogP contribution >= 0.6 is 0 Å². The van der Waals surface area contributed by atoms with Gasteiger partial charge in [0.25, 0.3) is 10.2 Å². The Hall–Kier alpha value is -1.90. The van der Waals surface area contributed by atoms with Crippen molar-refractivity contribution < 1.29 is 17.9 Å². The normalized spacial score (nSPS) is 17.5. The molecule has 3 rings (SSSR count). The first-order chi connectivity index (χ1) is 12.7. The van der Waals surface area contributed by atoms with Crippen molar-refractivity contribution in [1.29, 1.82) is 0 Å². The van der Waals surface area contributed by atoms with Crippen LogP contribution in [0.1, 0.15) is 35.0 Å². The Balaban J connectivity index is 1.73. The van der Waals surface area contributed by atoms with E-state index < -0.39 is 16.2 Å². The Bertz CT molecular complexity index is 949. The van der Waals surface area contributed by atoms with E-state index in [-0.39, 0.29) is 13.2 Å². The molecular weight excluding hydrogens is 366 g/mol. The number of esters is 1. The Labute approximate surface area is 160 Å². The number of fused-ring (bicyclic) bond motifs is 3. The van der Waals surface area contributed by atoms with Gasteiger partial charge in [0, 0.05) is 38.8 Å². The summed E-state index contributed by atoms with van der Waals surface area (Å²) in [5.41, 5.74) is 3.82. The minimum Gasteiger partial charge on any atom is -0.461 e. The lowest BCUT2D eigenvalue weighted by Gasteiger charge is -2.21. The molecule has 1 aromatic carbocycles. The third kappa shape index (κ3) is 3.88. The van der Waals surface area contributed by atoms with E-state index in [9.17, 15) is 13.2 Å². The second kappa shape index (κ2) is 7.61. The summed E-state index contributed by atoms with van der Waals surface area (Å²) in [6.07, 6.45) is 3.15. The van der Waals surface area contributed by atoms with Crippen LogP contribution in [0.25, 0.3) is 10.9 Å². The lowest BCUT2D eigenvalue weighted by Crippen LogP contribution is -2.39. The van der Waals surface area contributed by atoms with Crippen LogP contribution in [0.3, 0.4) is 0 Å². The van der Waals surface area contributed by atoms with Crippen LogP contribution in [0, 0.1) is 5.92 Å². The number of aromatic nitrogens is 1. The average Bonchev–Trinajstić information content (AvgIpc) is 2.99. The molecule has 0 aliphatic heterocycles. The SMILES string of the molecule is CC1CCc2[nH]c3c(C(=O)OCCN(C)S(=O)(=O)N(C)C)cccc3c2C1. The van der Waals surface area contributed by atoms with Gasteiger partial charge < -0.3 is 9.72 Å². The van der Waals surface area contributed by atoms with Gasteiger partial charge in [0.15, 0.2) is 0 Å². The number of para-hydroxylation sites is 1. The summed E-state index contributed by atoms with van der Waals surface area (Å²) in [6.45, 7) is 2.34. The van der Waals surface area contributed by atoms with Crippen molar-refractivity contribution in [3.63, 3.8) is 0 Å². The van der Waals surface area contributed by atoms with Crippen LogP contribution in [-0.4, -0.2) is 62.3 Å². The van der Waals surface area contributed by atoms with Crippen LogP contribution in [-0.2, 0) is 27.8 Å². The van der Waals surface area contributed by atoms with Gasteiger partial charge in [-0.25, -0.2) is 4.79 Å². The summed E-state index contributed by atoms with van der Waals surface area (Å²) in [5, 5.41) is 1.08. The molecule has 0 fully saturated rings. The van der Waals surface area contributed by atoms with Crippen molar-refractivity contribution in [2.24, 2.45) is 5.92 Å². The summed E-state index contributed by atoms with van der Waals surface area (Å²) < 4.78 is 31.6. The van der Waals surface area contributed by atoms with Gasteiger partial charge in [-0.05, 0) is 36.8 Å². The summed E-state index contributed by atoms with van der Waals surface area (Å²) in [7, 11) is 0.879. The van der Waals surface area contributed by atoms with Crippen LogP contribution in [0.15, 0.2) is 18.2 Å². The highest BCUT2D eigenvalue weighted by Gasteiger charge is 2.24. The van der Waals surface area contributed by atoms with E-state index in [0.717, 1.165) is 38.8 Å². The highest BCUT2D eigenvalue weighted by molar-refractivity contribution is 7.86. The topological polar surface area (TPSA) is 82.7 Å². The standard InChI is InChI=1S/C19H27N3O4S/c1-13-8-9-17-16(12-13)14-6-5-7-15(18(14)20-17)19(23)26-11-10-22(4)27(24,25)21(2)3/h5-7,13,20H,8-12H2,1-4H3. The predicted molar refractivity (Wildman–Crippen MR) is 105 cm³/mol. The molecule has 1 aromatic heterocycles. The van der Waals surface area contributed by atoms with Crippen molar-refractivity contribution in [2.75, 3.05) is 34.3 Å². The van der Waals surface area contributed by atoms with Crippen LogP contribution in [0.2, 0.25) is 0 Å². The van der Waals surface area contributed by atoms with Gasteiger partial charge in [-0.2, -0.15) is 17.0 Å². The first kappa shape index (κ1) is 19.9. The van der Waals surface area contributed by atoms with Crippen LogP contribution in [0.5, 0.6) is 0 Å². The maximum atomic E-state index is 12.6. The molecule has 1 N–H and O–H groups in total. The minimum absolute atomic E-state index is 0.00372. The van der Waals surface area contributed by atoms with Gasteiger partial charge >= 0.3 is 5.97 Å². The molecule has 1 aliphatic rings. The summed E-state index contributed by atoms with van der Waals surface area (Å²) in [6, 6.07) is 5.65. The van der Waals surface area contributed by atoms with Gasteiger partial charge in [-0.15, -0.1) is 0 Å². The van der Waals surface area contributed by atoms with Crippen molar-refractivity contribution >= 4 is 27.1 Å². The highest BCUT2D eigenvalue weighted by Crippen LogP contribution is 2.33. The van der Waals surface area contributed by atoms with Crippen molar-refractivity contribution in [1.82, 2.24) is 13.6 Å². The number of nitrogens with zero attached hydrogens (tertiary/aromatic N) is 2. The molecule has 2 aromatic rings.